The number of nitrogen functional groups attached to an aromatic ring is 1. The molecule has 13 heavy (non-hydrogen) atoms. The number of hydrogen-bond acceptors (Lipinski definition) is 2. The average Bonchev–Trinajstić information content (AvgIpc) is 2.52. The van der Waals surface area contributed by atoms with Crippen molar-refractivity contribution in [2.24, 2.45) is 0 Å². The van der Waals surface area contributed by atoms with Crippen LogP contribution in [-0.4, -0.2) is 19.3 Å². The van der Waals surface area contributed by atoms with Gasteiger partial charge in [0.2, 0.25) is 0 Å². The highest BCUT2D eigenvalue weighted by molar-refractivity contribution is 5.56. The monoisotopic (exact) mass is 180 g/mol. The van der Waals surface area contributed by atoms with E-state index in [1.54, 1.807) is 0 Å². The molecule has 3 heteroatoms. The fourth-order valence-corrected chi connectivity index (χ4v) is 1.67. The highest BCUT2D eigenvalue weighted by Gasteiger charge is 2.21. The molecule has 1 atom stereocenters. The molecule has 1 fully saturated rings. The molecule has 0 saturated carbocycles. The van der Waals surface area contributed by atoms with Crippen molar-refractivity contribution in [1.82, 2.24) is 0 Å². The zero-order chi connectivity index (χ0) is 9.26. The van der Waals surface area contributed by atoms with Gasteiger partial charge < -0.3 is 10.6 Å². The first-order valence-electron chi connectivity index (χ1n) is 4.50. The van der Waals surface area contributed by atoms with E-state index in [4.69, 9.17) is 5.73 Å². The molecule has 1 aliphatic rings. The fourth-order valence-electron chi connectivity index (χ4n) is 1.67. The molecule has 1 aliphatic heterocycles. The van der Waals surface area contributed by atoms with Gasteiger partial charge in [-0.25, -0.2) is 4.39 Å². The molecule has 1 unspecified atom stereocenters. The van der Waals surface area contributed by atoms with Crippen molar-refractivity contribution < 1.29 is 4.39 Å². The summed E-state index contributed by atoms with van der Waals surface area (Å²) in [6.45, 7) is 1.30. The van der Waals surface area contributed by atoms with Gasteiger partial charge in [-0.05, 0) is 24.6 Å². The fraction of sp³-hybridized carbons (Fsp3) is 0.400. The van der Waals surface area contributed by atoms with Gasteiger partial charge in [-0.15, -0.1) is 0 Å². The number of anilines is 2. The van der Waals surface area contributed by atoms with Gasteiger partial charge in [-0.1, -0.05) is 6.07 Å². The SMILES string of the molecule is Nc1cccc(N2CCC(F)C2)c1. The Balaban J connectivity index is 2.16. The quantitative estimate of drug-likeness (QED) is 0.668. The Morgan fingerprint density at radius 3 is 2.92 bits per heavy atom. The Hall–Kier alpha value is -1.25. The van der Waals surface area contributed by atoms with E-state index in [2.05, 4.69) is 0 Å². The van der Waals surface area contributed by atoms with Crippen LogP contribution in [0.5, 0.6) is 0 Å². The highest BCUT2D eigenvalue weighted by atomic mass is 19.1. The summed E-state index contributed by atoms with van der Waals surface area (Å²) in [6.07, 6.45) is -0.0455. The van der Waals surface area contributed by atoms with Crippen molar-refractivity contribution in [3.63, 3.8) is 0 Å². The standard InChI is InChI=1S/C10H13FN2/c11-8-4-5-13(7-8)10-3-1-2-9(12)6-10/h1-3,6,8H,4-5,7,12H2. The summed E-state index contributed by atoms with van der Waals surface area (Å²) in [5, 5.41) is 0. The number of nitrogens with zero attached hydrogens (tertiary/aromatic N) is 1. The summed E-state index contributed by atoms with van der Waals surface area (Å²) in [6, 6.07) is 7.59. The predicted octanol–water partition coefficient (Wildman–Crippen LogP) is 1.82. The van der Waals surface area contributed by atoms with E-state index in [1.165, 1.54) is 0 Å². The molecule has 2 N–H and O–H groups in total. The molecular weight excluding hydrogens is 167 g/mol. The van der Waals surface area contributed by atoms with Crippen LogP contribution < -0.4 is 10.6 Å². The maximum absolute atomic E-state index is 12.9. The van der Waals surface area contributed by atoms with E-state index in [-0.39, 0.29) is 0 Å². The maximum Gasteiger partial charge on any atom is 0.119 e. The summed E-state index contributed by atoms with van der Waals surface area (Å²) >= 11 is 0. The van der Waals surface area contributed by atoms with Gasteiger partial charge >= 0.3 is 0 Å². The van der Waals surface area contributed by atoms with Gasteiger partial charge in [0, 0.05) is 24.5 Å². The minimum Gasteiger partial charge on any atom is -0.399 e. The molecule has 1 aromatic rings. The summed E-state index contributed by atoms with van der Waals surface area (Å²) in [5.74, 6) is 0. The number of hydrogen-bond donors (Lipinski definition) is 1. The molecule has 0 bridgehead atoms. The van der Waals surface area contributed by atoms with Crippen LogP contribution in [0.15, 0.2) is 24.3 Å². The van der Waals surface area contributed by atoms with Crippen LogP contribution in [0.4, 0.5) is 15.8 Å². The third kappa shape index (κ3) is 1.74. The maximum atomic E-state index is 12.9. The molecular formula is C10H13FN2. The lowest BCUT2D eigenvalue weighted by atomic mass is 10.2. The summed E-state index contributed by atoms with van der Waals surface area (Å²) in [4.78, 5) is 2.03. The highest BCUT2D eigenvalue weighted by Crippen LogP contribution is 2.23. The Morgan fingerprint density at radius 2 is 2.31 bits per heavy atom. The Labute approximate surface area is 77.2 Å². The lowest BCUT2D eigenvalue weighted by Crippen LogP contribution is -2.19. The topological polar surface area (TPSA) is 29.3 Å². The molecule has 70 valence electrons. The van der Waals surface area contributed by atoms with Gasteiger partial charge in [0.15, 0.2) is 0 Å². The van der Waals surface area contributed by atoms with Gasteiger partial charge in [-0.2, -0.15) is 0 Å². The predicted molar refractivity (Wildman–Crippen MR) is 52.6 cm³/mol. The zero-order valence-electron chi connectivity index (χ0n) is 7.41. The van der Waals surface area contributed by atoms with Gasteiger partial charge in [0.05, 0.1) is 0 Å². The summed E-state index contributed by atoms with van der Waals surface area (Å²) < 4.78 is 12.9. The van der Waals surface area contributed by atoms with E-state index >= 15 is 0 Å². The molecule has 0 spiro atoms. The van der Waals surface area contributed by atoms with Crippen LogP contribution in [0.25, 0.3) is 0 Å². The molecule has 1 aromatic carbocycles. The zero-order valence-corrected chi connectivity index (χ0v) is 7.41. The molecule has 1 saturated heterocycles. The molecule has 0 radical (unpaired) electrons. The molecule has 2 rings (SSSR count). The van der Waals surface area contributed by atoms with Gasteiger partial charge in [0.1, 0.15) is 6.17 Å². The second kappa shape index (κ2) is 3.24. The van der Waals surface area contributed by atoms with Crippen molar-refractivity contribution in [2.45, 2.75) is 12.6 Å². The van der Waals surface area contributed by atoms with Crippen LogP contribution >= 0.6 is 0 Å². The van der Waals surface area contributed by atoms with Gasteiger partial charge in [0.25, 0.3) is 0 Å². The van der Waals surface area contributed by atoms with Crippen LogP contribution in [0.3, 0.4) is 0 Å². The normalized spacial score (nSPS) is 22.2. The molecule has 1 heterocycles. The van der Waals surface area contributed by atoms with Crippen molar-refractivity contribution in [2.75, 3.05) is 23.7 Å². The number of halogens is 1. The smallest absolute Gasteiger partial charge is 0.119 e. The van der Waals surface area contributed by atoms with Crippen molar-refractivity contribution in [1.29, 1.82) is 0 Å². The van der Waals surface area contributed by atoms with E-state index in [0.29, 0.717) is 13.0 Å². The summed E-state index contributed by atoms with van der Waals surface area (Å²) in [5.41, 5.74) is 7.40. The Kier molecular flexibility index (Phi) is 2.08. The minimum absolute atomic E-state index is 0.503. The number of nitrogens with two attached hydrogens (primary N) is 1. The molecule has 0 aliphatic carbocycles. The number of alkyl halides is 1. The Bertz CT molecular complexity index is 301. The van der Waals surface area contributed by atoms with Crippen LogP contribution in [0.1, 0.15) is 6.42 Å². The van der Waals surface area contributed by atoms with Crippen LogP contribution in [0, 0.1) is 0 Å². The first-order valence-corrected chi connectivity index (χ1v) is 4.50. The second-order valence-electron chi connectivity index (χ2n) is 3.43. The van der Waals surface area contributed by atoms with Crippen molar-refractivity contribution >= 4 is 11.4 Å². The first-order chi connectivity index (χ1) is 6.25. The third-order valence-corrected chi connectivity index (χ3v) is 2.37. The molecule has 2 nitrogen and oxygen atoms in total. The summed E-state index contributed by atoms with van der Waals surface area (Å²) in [7, 11) is 0. The van der Waals surface area contributed by atoms with Gasteiger partial charge in [-0.3, -0.25) is 0 Å². The third-order valence-electron chi connectivity index (χ3n) is 2.37. The largest absolute Gasteiger partial charge is 0.399 e. The molecule has 0 aromatic heterocycles. The van der Waals surface area contributed by atoms with E-state index in [0.717, 1.165) is 17.9 Å². The average molecular weight is 180 g/mol. The number of rotatable bonds is 1. The van der Waals surface area contributed by atoms with Crippen LogP contribution in [-0.2, 0) is 0 Å². The first kappa shape index (κ1) is 8.35. The number of benzene rings is 1. The van der Waals surface area contributed by atoms with E-state index in [9.17, 15) is 4.39 Å². The lowest BCUT2D eigenvalue weighted by molar-refractivity contribution is 0.364. The van der Waals surface area contributed by atoms with Crippen LogP contribution in [0.2, 0.25) is 0 Å². The van der Waals surface area contributed by atoms with Crippen molar-refractivity contribution in [3.8, 4) is 0 Å². The van der Waals surface area contributed by atoms with E-state index in [1.807, 2.05) is 29.2 Å². The lowest BCUT2D eigenvalue weighted by Gasteiger charge is -2.17. The van der Waals surface area contributed by atoms with Crippen molar-refractivity contribution in [3.05, 3.63) is 24.3 Å². The van der Waals surface area contributed by atoms with E-state index < -0.39 is 6.17 Å². The second-order valence-corrected chi connectivity index (χ2v) is 3.43. The Morgan fingerprint density at radius 1 is 1.46 bits per heavy atom. The minimum atomic E-state index is -0.679. The molecule has 0 amide bonds.